The van der Waals surface area contributed by atoms with Crippen molar-refractivity contribution in [3.05, 3.63) is 48.0 Å². The maximum Gasteiger partial charge on any atom is 0.325 e. The molecule has 1 fully saturated rings. The smallest absolute Gasteiger partial charge is 0.325 e. The van der Waals surface area contributed by atoms with Crippen molar-refractivity contribution < 1.29 is 14.3 Å². The maximum absolute atomic E-state index is 12.8. The van der Waals surface area contributed by atoms with Crippen LogP contribution in [0.25, 0.3) is 10.8 Å². The van der Waals surface area contributed by atoms with Gasteiger partial charge in [-0.3, -0.25) is 9.69 Å². The van der Waals surface area contributed by atoms with E-state index in [1.807, 2.05) is 42.5 Å². The highest BCUT2D eigenvalue weighted by Crippen LogP contribution is 2.33. The number of fused-ring (bicyclic) bond motifs is 1. The van der Waals surface area contributed by atoms with Gasteiger partial charge in [-0.1, -0.05) is 42.5 Å². The molecule has 1 atom stereocenters. The highest BCUT2D eigenvalue weighted by Gasteiger charge is 2.49. The van der Waals surface area contributed by atoms with Gasteiger partial charge in [0.2, 0.25) is 0 Å². The van der Waals surface area contributed by atoms with Crippen molar-refractivity contribution in [2.75, 3.05) is 20.3 Å². The second-order valence-electron chi connectivity index (χ2n) is 5.53. The Hall–Kier alpha value is -2.40. The summed E-state index contributed by atoms with van der Waals surface area (Å²) in [4.78, 5) is 26.1. The average molecular weight is 298 g/mol. The molecule has 0 radical (unpaired) electrons. The summed E-state index contributed by atoms with van der Waals surface area (Å²) >= 11 is 0. The number of hydrogen-bond acceptors (Lipinski definition) is 3. The van der Waals surface area contributed by atoms with Gasteiger partial charge in [0, 0.05) is 7.11 Å². The third-order valence-corrected chi connectivity index (χ3v) is 4.12. The van der Waals surface area contributed by atoms with Gasteiger partial charge in [-0.2, -0.15) is 0 Å². The average Bonchev–Trinajstić information content (AvgIpc) is 2.75. The summed E-state index contributed by atoms with van der Waals surface area (Å²) in [5.74, 6) is -0.245. The summed E-state index contributed by atoms with van der Waals surface area (Å²) < 4.78 is 4.97. The molecule has 3 amide bonds. The molecular weight excluding hydrogens is 280 g/mol. The Morgan fingerprint density at radius 2 is 1.86 bits per heavy atom. The Morgan fingerprint density at radius 3 is 2.64 bits per heavy atom. The van der Waals surface area contributed by atoms with Crippen LogP contribution in [0.2, 0.25) is 0 Å². The van der Waals surface area contributed by atoms with Gasteiger partial charge in [0.15, 0.2) is 0 Å². The van der Waals surface area contributed by atoms with Gasteiger partial charge < -0.3 is 10.1 Å². The number of benzene rings is 2. The molecule has 114 valence electrons. The van der Waals surface area contributed by atoms with Gasteiger partial charge in [-0.15, -0.1) is 0 Å². The van der Waals surface area contributed by atoms with Crippen molar-refractivity contribution in [3.8, 4) is 0 Å². The van der Waals surface area contributed by atoms with Crippen molar-refractivity contribution in [2.24, 2.45) is 0 Å². The third-order valence-electron chi connectivity index (χ3n) is 4.12. The molecule has 5 heteroatoms. The first-order chi connectivity index (χ1) is 10.6. The number of imide groups is 1. The zero-order chi connectivity index (χ0) is 15.7. The van der Waals surface area contributed by atoms with Crippen LogP contribution >= 0.6 is 0 Å². The largest absolute Gasteiger partial charge is 0.383 e. The first-order valence-corrected chi connectivity index (χ1v) is 7.19. The van der Waals surface area contributed by atoms with Crippen LogP contribution in [0.4, 0.5) is 4.79 Å². The fourth-order valence-corrected chi connectivity index (χ4v) is 2.93. The van der Waals surface area contributed by atoms with Crippen LogP contribution in [0.5, 0.6) is 0 Å². The van der Waals surface area contributed by atoms with Crippen LogP contribution < -0.4 is 5.32 Å². The lowest BCUT2D eigenvalue weighted by atomic mass is 9.88. The standard InChI is InChI=1S/C17H18N2O3/c1-17(15(20)19(10-11-22-2)16(21)18-17)14-9-5-7-12-6-3-4-8-13(12)14/h3-9H,10-11H2,1-2H3,(H,18,21). The molecule has 1 saturated heterocycles. The first-order valence-electron chi connectivity index (χ1n) is 7.19. The van der Waals surface area contributed by atoms with Gasteiger partial charge >= 0.3 is 6.03 Å². The van der Waals surface area contributed by atoms with Crippen LogP contribution in [0.1, 0.15) is 12.5 Å². The zero-order valence-electron chi connectivity index (χ0n) is 12.6. The lowest BCUT2D eigenvalue weighted by Crippen LogP contribution is -2.41. The normalized spacial score (nSPS) is 21.5. The summed E-state index contributed by atoms with van der Waals surface area (Å²) in [7, 11) is 1.54. The SMILES string of the molecule is COCCN1C(=O)NC(C)(c2cccc3ccccc23)C1=O. The van der Waals surface area contributed by atoms with Crippen molar-refractivity contribution in [1.82, 2.24) is 10.2 Å². The number of carbonyl (C=O) groups excluding carboxylic acids is 2. The molecule has 2 aromatic carbocycles. The van der Waals surface area contributed by atoms with E-state index in [4.69, 9.17) is 4.74 Å². The van der Waals surface area contributed by atoms with Gasteiger partial charge in [-0.05, 0) is 23.3 Å². The fourth-order valence-electron chi connectivity index (χ4n) is 2.93. The molecule has 0 aromatic heterocycles. The molecule has 1 aliphatic rings. The summed E-state index contributed by atoms with van der Waals surface area (Å²) in [5, 5.41) is 4.84. The Labute approximate surface area is 128 Å². The van der Waals surface area contributed by atoms with Crippen LogP contribution in [0.15, 0.2) is 42.5 Å². The molecule has 22 heavy (non-hydrogen) atoms. The van der Waals surface area contributed by atoms with Gasteiger partial charge in [0.25, 0.3) is 5.91 Å². The number of rotatable bonds is 4. The molecule has 1 unspecified atom stereocenters. The van der Waals surface area contributed by atoms with Crippen LogP contribution in [-0.2, 0) is 15.1 Å². The van der Waals surface area contributed by atoms with E-state index in [-0.39, 0.29) is 18.5 Å². The van der Waals surface area contributed by atoms with Gasteiger partial charge in [-0.25, -0.2) is 4.79 Å². The molecule has 1 heterocycles. The lowest BCUT2D eigenvalue weighted by Gasteiger charge is -2.24. The van der Waals surface area contributed by atoms with E-state index in [0.29, 0.717) is 6.61 Å². The quantitative estimate of drug-likeness (QED) is 0.881. The van der Waals surface area contributed by atoms with Gasteiger partial charge in [0.05, 0.1) is 13.2 Å². The van der Waals surface area contributed by atoms with Crippen molar-refractivity contribution in [2.45, 2.75) is 12.5 Å². The highest BCUT2D eigenvalue weighted by atomic mass is 16.5. The van der Waals surface area contributed by atoms with E-state index in [9.17, 15) is 9.59 Å². The summed E-state index contributed by atoms with van der Waals surface area (Å²) in [6.45, 7) is 2.33. The molecule has 2 aromatic rings. The number of ether oxygens (including phenoxy) is 1. The predicted octanol–water partition coefficient (Wildman–Crippen LogP) is 2.25. The van der Waals surface area contributed by atoms with Crippen LogP contribution in [0, 0.1) is 0 Å². The zero-order valence-corrected chi connectivity index (χ0v) is 12.6. The molecule has 3 rings (SSSR count). The number of carbonyl (C=O) groups is 2. The molecule has 0 aliphatic carbocycles. The Balaban J connectivity index is 2.06. The van der Waals surface area contributed by atoms with Crippen molar-refractivity contribution in [3.63, 3.8) is 0 Å². The van der Waals surface area contributed by atoms with E-state index in [2.05, 4.69) is 5.32 Å². The van der Waals surface area contributed by atoms with Gasteiger partial charge in [0.1, 0.15) is 5.54 Å². The predicted molar refractivity (Wildman–Crippen MR) is 83.4 cm³/mol. The fraction of sp³-hybridized carbons (Fsp3) is 0.294. The van der Waals surface area contributed by atoms with Crippen LogP contribution in [-0.4, -0.2) is 37.1 Å². The number of nitrogens with one attached hydrogen (secondary N) is 1. The molecule has 0 bridgehead atoms. The second-order valence-corrected chi connectivity index (χ2v) is 5.53. The van der Waals surface area contributed by atoms with E-state index in [0.717, 1.165) is 16.3 Å². The minimum absolute atomic E-state index is 0.245. The van der Waals surface area contributed by atoms with E-state index in [1.165, 1.54) is 4.90 Å². The van der Waals surface area contributed by atoms with E-state index in [1.54, 1.807) is 14.0 Å². The van der Waals surface area contributed by atoms with E-state index < -0.39 is 5.54 Å². The van der Waals surface area contributed by atoms with E-state index >= 15 is 0 Å². The summed E-state index contributed by atoms with van der Waals surface area (Å²) in [6.07, 6.45) is 0. The molecule has 1 aliphatic heterocycles. The number of amides is 3. The summed E-state index contributed by atoms with van der Waals surface area (Å²) in [5.41, 5.74) is -0.241. The molecular formula is C17H18N2O3. The highest BCUT2D eigenvalue weighted by molar-refractivity contribution is 6.09. The molecule has 5 nitrogen and oxygen atoms in total. The Morgan fingerprint density at radius 1 is 1.14 bits per heavy atom. The lowest BCUT2D eigenvalue weighted by molar-refractivity contribution is -0.131. The monoisotopic (exact) mass is 298 g/mol. The minimum atomic E-state index is -1.05. The Kier molecular flexibility index (Phi) is 3.58. The first kappa shape index (κ1) is 14.5. The molecule has 1 N–H and O–H groups in total. The third kappa shape index (κ3) is 2.14. The second kappa shape index (κ2) is 5.42. The number of methoxy groups -OCH3 is 1. The maximum atomic E-state index is 12.8. The van der Waals surface area contributed by atoms with Crippen molar-refractivity contribution >= 4 is 22.7 Å². The van der Waals surface area contributed by atoms with Crippen molar-refractivity contribution in [1.29, 1.82) is 0 Å². The number of urea groups is 1. The number of nitrogens with zero attached hydrogens (tertiary/aromatic N) is 1. The Bertz CT molecular complexity index is 738. The molecule has 0 spiro atoms. The summed E-state index contributed by atoms with van der Waals surface area (Å²) in [6, 6.07) is 13.2. The number of hydrogen-bond donors (Lipinski definition) is 1. The topological polar surface area (TPSA) is 58.6 Å². The molecule has 0 saturated carbocycles. The minimum Gasteiger partial charge on any atom is -0.383 e. The van der Waals surface area contributed by atoms with Crippen LogP contribution in [0.3, 0.4) is 0 Å².